The minimum atomic E-state index is -0.667. The van der Waals surface area contributed by atoms with E-state index in [9.17, 15) is 9.50 Å². The molecule has 4 nitrogen and oxygen atoms in total. The Morgan fingerprint density at radius 1 is 1.10 bits per heavy atom. The fourth-order valence-electron chi connectivity index (χ4n) is 5.24. The number of likely N-dealkylation sites (tertiary alicyclic amines) is 1. The van der Waals surface area contributed by atoms with Gasteiger partial charge in [-0.3, -0.25) is 4.90 Å². The Balaban J connectivity index is 1.76. The van der Waals surface area contributed by atoms with Gasteiger partial charge in [0.05, 0.1) is 19.8 Å². The van der Waals surface area contributed by atoms with E-state index in [0.717, 1.165) is 55.7 Å². The summed E-state index contributed by atoms with van der Waals surface area (Å²) in [4.78, 5) is 2.31. The molecule has 29 heavy (non-hydrogen) atoms. The van der Waals surface area contributed by atoms with Crippen LogP contribution in [-0.4, -0.2) is 36.4 Å². The molecule has 1 saturated heterocycles. The molecule has 2 aromatic carbocycles. The Hall–Kier alpha value is -2.11. The first kappa shape index (κ1) is 20.2. The highest BCUT2D eigenvalue weighted by atomic mass is 19.1. The normalized spacial score (nSPS) is 27.3. The number of hydrogen-bond donors (Lipinski definition) is 1. The molecule has 4 rings (SSSR count). The van der Waals surface area contributed by atoms with E-state index < -0.39 is 5.60 Å². The number of hydrogen-bond acceptors (Lipinski definition) is 4. The molecule has 3 atom stereocenters. The lowest BCUT2D eigenvalue weighted by atomic mass is 9.66. The van der Waals surface area contributed by atoms with Crippen molar-refractivity contribution in [3.05, 3.63) is 59.4 Å². The van der Waals surface area contributed by atoms with Gasteiger partial charge >= 0.3 is 0 Å². The molecule has 156 valence electrons. The second-order valence-corrected chi connectivity index (χ2v) is 8.32. The molecule has 2 fully saturated rings. The van der Waals surface area contributed by atoms with Crippen LogP contribution in [0.4, 0.5) is 4.39 Å². The predicted molar refractivity (Wildman–Crippen MR) is 111 cm³/mol. The summed E-state index contributed by atoms with van der Waals surface area (Å²) in [5.41, 5.74) is 1.06. The van der Waals surface area contributed by atoms with Crippen molar-refractivity contribution >= 4 is 0 Å². The lowest BCUT2D eigenvalue weighted by Gasteiger charge is -2.53. The third-order valence-electron chi connectivity index (χ3n) is 6.76. The summed E-state index contributed by atoms with van der Waals surface area (Å²) in [6.45, 7) is 1.24. The Morgan fingerprint density at radius 3 is 2.69 bits per heavy atom. The van der Waals surface area contributed by atoms with Gasteiger partial charge in [-0.05, 0) is 31.4 Å². The zero-order chi connectivity index (χ0) is 20.4. The lowest BCUT2D eigenvalue weighted by molar-refractivity contribution is -0.126. The molecule has 0 aromatic heterocycles. The summed E-state index contributed by atoms with van der Waals surface area (Å²) in [5.74, 6) is 1.40. The third-order valence-corrected chi connectivity index (χ3v) is 6.76. The number of nitrogens with zero attached hydrogens (tertiary/aromatic N) is 1. The summed E-state index contributed by atoms with van der Waals surface area (Å²) in [6.07, 6.45) is 4.69. The monoisotopic (exact) mass is 399 g/mol. The molecule has 1 heterocycles. The average molecular weight is 400 g/mol. The largest absolute Gasteiger partial charge is 0.497 e. The van der Waals surface area contributed by atoms with Crippen molar-refractivity contribution < 1.29 is 19.0 Å². The first-order valence-electron chi connectivity index (χ1n) is 10.5. The van der Waals surface area contributed by atoms with Crippen LogP contribution in [0, 0.1) is 11.7 Å². The van der Waals surface area contributed by atoms with Gasteiger partial charge < -0.3 is 14.6 Å². The Labute approximate surface area is 172 Å². The summed E-state index contributed by atoms with van der Waals surface area (Å²) in [6, 6.07) is 12.8. The van der Waals surface area contributed by atoms with E-state index >= 15 is 0 Å². The molecule has 2 aromatic rings. The smallest absolute Gasteiger partial charge is 0.127 e. The van der Waals surface area contributed by atoms with Crippen LogP contribution in [0.3, 0.4) is 0 Å². The zero-order valence-corrected chi connectivity index (χ0v) is 17.2. The number of benzene rings is 2. The molecule has 0 unspecified atom stereocenters. The van der Waals surface area contributed by atoms with Crippen LogP contribution < -0.4 is 9.47 Å². The van der Waals surface area contributed by atoms with Gasteiger partial charge in [-0.25, -0.2) is 4.39 Å². The molecule has 0 radical (unpaired) electrons. The van der Waals surface area contributed by atoms with Gasteiger partial charge in [0, 0.05) is 42.2 Å². The zero-order valence-electron chi connectivity index (χ0n) is 17.2. The maximum absolute atomic E-state index is 14.4. The standard InChI is InChI=1S/C24H30FNO3/c1-28-18-10-11-19(22(15-18)29-2)23-20-8-5-6-12-24(20,27)13-14-26(23)16-17-7-3-4-9-21(17)25/h3-4,7,9-11,15,20,23,27H,5-6,8,12-14,16H2,1-2H3/t20-,23-,24-/m0/s1. The van der Waals surface area contributed by atoms with Crippen LogP contribution in [0.25, 0.3) is 0 Å². The molecule has 1 aliphatic carbocycles. The van der Waals surface area contributed by atoms with E-state index in [4.69, 9.17) is 9.47 Å². The van der Waals surface area contributed by atoms with E-state index in [1.807, 2.05) is 30.3 Å². The SMILES string of the molecule is COc1ccc([C@H]2[C@@H]3CCCC[C@]3(O)CCN2Cc2ccccc2F)c(OC)c1. The van der Waals surface area contributed by atoms with E-state index in [1.54, 1.807) is 20.3 Å². The molecule has 2 aliphatic rings. The van der Waals surface area contributed by atoms with Gasteiger partial charge in [0.15, 0.2) is 0 Å². The van der Waals surface area contributed by atoms with E-state index in [0.29, 0.717) is 12.1 Å². The highest BCUT2D eigenvalue weighted by Crippen LogP contribution is 2.51. The van der Waals surface area contributed by atoms with Gasteiger partial charge in [0.2, 0.25) is 0 Å². The fraction of sp³-hybridized carbons (Fsp3) is 0.500. The predicted octanol–water partition coefficient (Wildman–Crippen LogP) is 4.71. The first-order valence-corrected chi connectivity index (χ1v) is 10.5. The highest BCUT2D eigenvalue weighted by molar-refractivity contribution is 5.43. The molecule has 1 aliphatic heterocycles. The topological polar surface area (TPSA) is 41.9 Å². The van der Waals surface area contributed by atoms with Crippen LogP contribution in [0.1, 0.15) is 49.3 Å². The molecule has 1 N–H and O–H groups in total. The summed E-state index contributed by atoms with van der Waals surface area (Å²) in [5, 5.41) is 11.5. The quantitative estimate of drug-likeness (QED) is 0.791. The molecular weight excluding hydrogens is 369 g/mol. The minimum absolute atomic E-state index is 0.0329. The number of ether oxygens (including phenoxy) is 2. The number of methoxy groups -OCH3 is 2. The van der Waals surface area contributed by atoms with Crippen molar-refractivity contribution in [3.63, 3.8) is 0 Å². The van der Waals surface area contributed by atoms with Crippen molar-refractivity contribution in [1.82, 2.24) is 4.90 Å². The van der Waals surface area contributed by atoms with Crippen molar-refractivity contribution in [2.24, 2.45) is 5.92 Å². The third kappa shape index (κ3) is 3.86. The van der Waals surface area contributed by atoms with Crippen LogP contribution in [-0.2, 0) is 6.54 Å². The Kier molecular flexibility index (Phi) is 5.79. The minimum Gasteiger partial charge on any atom is -0.497 e. The second kappa shape index (κ2) is 8.33. The van der Waals surface area contributed by atoms with Gasteiger partial charge in [0.25, 0.3) is 0 Å². The molecule has 0 bridgehead atoms. The number of rotatable bonds is 5. The maximum Gasteiger partial charge on any atom is 0.127 e. The number of fused-ring (bicyclic) bond motifs is 1. The van der Waals surface area contributed by atoms with Gasteiger partial charge in [-0.2, -0.15) is 0 Å². The fourth-order valence-corrected chi connectivity index (χ4v) is 5.24. The summed E-state index contributed by atoms with van der Waals surface area (Å²) in [7, 11) is 3.30. The Morgan fingerprint density at radius 2 is 1.93 bits per heavy atom. The molecule has 1 saturated carbocycles. The van der Waals surface area contributed by atoms with E-state index in [2.05, 4.69) is 4.90 Å². The summed E-state index contributed by atoms with van der Waals surface area (Å²) < 4.78 is 25.5. The van der Waals surface area contributed by atoms with Crippen molar-refractivity contribution in [2.75, 3.05) is 20.8 Å². The molecule has 0 amide bonds. The number of piperidine rings is 1. The number of halogens is 1. The van der Waals surface area contributed by atoms with Gasteiger partial charge in [0.1, 0.15) is 17.3 Å². The number of aliphatic hydroxyl groups is 1. The van der Waals surface area contributed by atoms with Crippen molar-refractivity contribution in [3.8, 4) is 11.5 Å². The van der Waals surface area contributed by atoms with Crippen molar-refractivity contribution in [2.45, 2.75) is 50.3 Å². The van der Waals surface area contributed by atoms with Gasteiger partial charge in [-0.1, -0.05) is 37.1 Å². The van der Waals surface area contributed by atoms with E-state index in [-0.39, 0.29) is 17.8 Å². The van der Waals surface area contributed by atoms with Crippen molar-refractivity contribution in [1.29, 1.82) is 0 Å². The average Bonchev–Trinajstić information content (AvgIpc) is 2.75. The molecule has 0 spiro atoms. The van der Waals surface area contributed by atoms with Crippen LogP contribution >= 0.6 is 0 Å². The van der Waals surface area contributed by atoms with Gasteiger partial charge in [-0.15, -0.1) is 0 Å². The first-order chi connectivity index (χ1) is 14.1. The van der Waals surface area contributed by atoms with Crippen LogP contribution in [0.5, 0.6) is 11.5 Å². The van der Waals surface area contributed by atoms with E-state index in [1.165, 1.54) is 6.07 Å². The summed E-state index contributed by atoms with van der Waals surface area (Å²) >= 11 is 0. The molecular formula is C24H30FNO3. The Bertz CT molecular complexity index is 858. The lowest BCUT2D eigenvalue weighted by Crippen LogP contribution is -2.54. The maximum atomic E-state index is 14.4. The molecule has 5 heteroatoms. The second-order valence-electron chi connectivity index (χ2n) is 8.32. The highest BCUT2D eigenvalue weighted by Gasteiger charge is 2.49. The van der Waals surface area contributed by atoms with Crippen LogP contribution in [0.2, 0.25) is 0 Å². The van der Waals surface area contributed by atoms with Crippen LogP contribution in [0.15, 0.2) is 42.5 Å².